The minimum Gasteiger partial charge on any atom is -0.326 e. The first kappa shape index (κ1) is 17.1. The lowest BCUT2D eigenvalue weighted by Crippen LogP contribution is -2.14. The number of carbonyl (C=O) groups is 1. The van der Waals surface area contributed by atoms with Crippen LogP contribution in [0, 0.1) is 6.92 Å². The summed E-state index contributed by atoms with van der Waals surface area (Å²) in [6, 6.07) is 13.3. The number of hydrogen-bond acceptors (Lipinski definition) is 5. The quantitative estimate of drug-likeness (QED) is 0.488. The van der Waals surface area contributed by atoms with E-state index >= 15 is 0 Å². The molecule has 0 bridgehead atoms. The first-order valence-electron chi connectivity index (χ1n) is 7.94. The Hall–Kier alpha value is -2.28. The highest BCUT2D eigenvalue weighted by molar-refractivity contribution is 7.18. The standard InChI is InChI=1S/C19H14ClN3OS2/c1-11-21-16-6-5-14(8-17(16)26-11)22-18(24)9-15-10-25-19(23-15)12-3-2-4-13(20)7-12/h2-8,10H,9H2,1H3,(H,22,24). The Kier molecular flexibility index (Phi) is 4.72. The van der Waals surface area contributed by atoms with E-state index in [-0.39, 0.29) is 12.3 Å². The average Bonchev–Trinajstić information content (AvgIpc) is 3.20. The van der Waals surface area contributed by atoms with Gasteiger partial charge in [0.1, 0.15) is 5.01 Å². The molecule has 2 aromatic carbocycles. The largest absolute Gasteiger partial charge is 0.326 e. The van der Waals surface area contributed by atoms with Crippen LogP contribution in [0.25, 0.3) is 20.8 Å². The van der Waals surface area contributed by atoms with E-state index in [4.69, 9.17) is 11.6 Å². The van der Waals surface area contributed by atoms with Crippen LogP contribution in [0.2, 0.25) is 5.02 Å². The Labute approximate surface area is 163 Å². The molecule has 4 nitrogen and oxygen atoms in total. The monoisotopic (exact) mass is 399 g/mol. The van der Waals surface area contributed by atoms with Gasteiger partial charge >= 0.3 is 0 Å². The summed E-state index contributed by atoms with van der Waals surface area (Å²) >= 11 is 9.15. The molecule has 0 saturated heterocycles. The lowest BCUT2D eigenvalue weighted by molar-refractivity contribution is -0.115. The molecule has 0 fully saturated rings. The molecule has 1 N–H and O–H groups in total. The van der Waals surface area contributed by atoms with Gasteiger partial charge in [-0.05, 0) is 37.3 Å². The fraction of sp³-hybridized carbons (Fsp3) is 0.105. The van der Waals surface area contributed by atoms with Gasteiger partial charge in [-0.25, -0.2) is 9.97 Å². The first-order valence-corrected chi connectivity index (χ1v) is 10.0. The number of nitrogens with zero attached hydrogens (tertiary/aromatic N) is 2. The molecule has 0 atom stereocenters. The van der Waals surface area contributed by atoms with E-state index in [1.807, 2.05) is 54.8 Å². The zero-order valence-corrected chi connectivity index (χ0v) is 16.2. The number of halogens is 1. The van der Waals surface area contributed by atoms with Crippen LogP contribution in [-0.2, 0) is 11.2 Å². The van der Waals surface area contributed by atoms with Gasteiger partial charge in [-0.3, -0.25) is 4.79 Å². The molecule has 1 amide bonds. The average molecular weight is 400 g/mol. The Morgan fingerprint density at radius 2 is 2.08 bits per heavy atom. The van der Waals surface area contributed by atoms with Crippen LogP contribution >= 0.6 is 34.3 Å². The molecule has 130 valence electrons. The van der Waals surface area contributed by atoms with Crippen LogP contribution in [-0.4, -0.2) is 15.9 Å². The maximum Gasteiger partial charge on any atom is 0.230 e. The van der Waals surface area contributed by atoms with Crippen LogP contribution in [0.5, 0.6) is 0 Å². The van der Waals surface area contributed by atoms with Gasteiger partial charge in [0.15, 0.2) is 0 Å². The summed E-state index contributed by atoms with van der Waals surface area (Å²) in [7, 11) is 0. The van der Waals surface area contributed by atoms with Crippen molar-refractivity contribution in [2.75, 3.05) is 5.32 Å². The molecule has 0 unspecified atom stereocenters. The van der Waals surface area contributed by atoms with E-state index in [1.165, 1.54) is 11.3 Å². The molecule has 4 rings (SSSR count). The van der Waals surface area contributed by atoms with Gasteiger partial charge in [-0.15, -0.1) is 22.7 Å². The number of carbonyl (C=O) groups excluding carboxylic acids is 1. The fourth-order valence-corrected chi connectivity index (χ4v) is 4.50. The van der Waals surface area contributed by atoms with Crippen molar-refractivity contribution in [3.05, 3.63) is 63.6 Å². The van der Waals surface area contributed by atoms with Crippen LogP contribution < -0.4 is 5.32 Å². The number of hydrogen-bond donors (Lipinski definition) is 1. The molecule has 2 heterocycles. The van der Waals surface area contributed by atoms with Crippen molar-refractivity contribution in [1.82, 2.24) is 9.97 Å². The second-order valence-corrected chi connectivity index (χ2v) is 8.32. The summed E-state index contributed by atoms with van der Waals surface area (Å²) in [6.45, 7) is 1.97. The van der Waals surface area contributed by atoms with E-state index in [0.29, 0.717) is 5.02 Å². The highest BCUT2D eigenvalue weighted by atomic mass is 35.5. The Bertz CT molecular complexity index is 1100. The number of aryl methyl sites for hydroxylation is 1. The Balaban J connectivity index is 1.46. The summed E-state index contributed by atoms with van der Waals surface area (Å²) < 4.78 is 1.07. The Morgan fingerprint density at radius 3 is 2.92 bits per heavy atom. The van der Waals surface area contributed by atoms with Gasteiger partial charge in [0.2, 0.25) is 5.91 Å². The van der Waals surface area contributed by atoms with Gasteiger partial charge in [0.25, 0.3) is 0 Å². The van der Waals surface area contributed by atoms with Crippen molar-refractivity contribution < 1.29 is 4.79 Å². The fourth-order valence-electron chi connectivity index (χ4n) is 2.63. The topological polar surface area (TPSA) is 54.9 Å². The summed E-state index contributed by atoms with van der Waals surface area (Å²) in [5, 5.41) is 7.39. The van der Waals surface area contributed by atoms with Gasteiger partial charge in [-0.2, -0.15) is 0 Å². The maximum atomic E-state index is 12.3. The molecule has 7 heteroatoms. The van der Waals surface area contributed by atoms with Gasteiger partial charge < -0.3 is 5.32 Å². The molecule has 0 radical (unpaired) electrons. The maximum absolute atomic E-state index is 12.3. The van der Waals surface area contributed by atoms with Crippen molar-refractivity contribution in [2.45, 2.75) is 13.3 Å². The number of fused-ring (bicyclic) bond motifs is 1. The summed E-state index contributed by atoms with van der Waals surface area (Å²) in [6.07, 6.45) is 0.233. The molecule has 0 spiro atoms. The zero-order chi connectivity index (χ0) is 18.1. The van der Waals surface area contributed by atoms with Crippen molar-refractivity contribution in [1.29, 1.82) is 0 Å². The molecular formula is C19H14ClN3OS2. The van der Waals surface area contributed by atoms with Gasteiger partial charge in [0.05, 0.1) is 27.3 Å². The van der Waals surface area contributed by atoms with E-state index in [2.05, 4.69) is 15.3 Å². The van der Waals surface area contributed by atoms with Gasteiger partial charge in [-0.1, -0.05) is 23.7 Å². The predicted molar refractivity (Wildman–Crippen MR) is 109 cm³/mol. The number of benzene rings is 2. The number of nitrogens with one attached hydrogen (secondary N) is 1. The minimum absolute atomic E-state index is 0.0893. The van der Waals surface area contributed by atoms with E-state index in [0.717, 1.165) is 37.2 Å². The van der Waals surface area contributed by atoms with Crippen molar-refractivity contribution >= 4 is 56.1 Å². The number of aromatic nitrogens is 2. The lowest BCUT2D eigenvalue weighted by atomic mass is 10.2. The summed E-state index contributed by atoms with van der Waals surface area (Å²) in [4.78, 5) is 21.3. The summed E-state index contributed by atoms with van der Waals surface area (Å²) in [5.41, 5.74) is 3.44. The van der Waals surface area contributed by atoms with Gasteiger partial charge in [0, 0.05) is 21.7 Å². The van der Waals surface area contributed by atoms with Crippen molar-refractivity contribution in [3.8, 4) is 10.6 Å². The molecule has 0 aliphatic heterocycles. The minimum atomic E-state index is -0.0893. The molecule has 26 heavy (non-hydrogen) atoms. The normalized spacial score (nSPS) is 11.0. The van der Waals surface area contributed by atoms with Crippen LogP contribution in [0.3, 0.4) is 0 Å². The third-order valence-electron chi connectivity index (χ3n) is 3.74. The molecule has 0 saturated carbocycles. The molecule has 0 aliphatic carbocycles. The Morgan fingerprint density at radius 1 is 1.19 bits per heavy atom. The smallest absolute Gasteiger partial charge is 0.230 e. The van der Waals surface area contributed by atoms with Crippen LogP contribution in [0.15, 0.2) is 47.8 Å². The van der Waals surface area contributed by atoms with Crippen molar-refractivity contribution in [3.63, 3.8) is 0 Å². The second kappa shape index (κ2) is 7.15. The number of amides is 1. The molecule has 0 aliphatic rings. The molecular weight excluding hydrogens is 386 g/mol. The number of thiazole rings is 2. The zero-order valence-electron chi connectivity index (χ0n) is 13.8. The van der Waals surface area contributed by atoms with E-state index < -0.39 is 0 Å². The predicted octanol–water partition coefficient (Wildman–Crippen LogP) is 5.56. The SMILES string of the molecule is Cc1nc2ccc(NC(=O)Cc3csc(-c4cccc(Cl)c4)n3)cc2s1. The third kappa shape index (κ3) is 3.77. The van der Waals surface area contributed by atoms with E-state index in [1.54, 1.807) is 11.3 Å². The highest BCUT2D eigenvalue weighted by Gasteiger charge is 2.10. The van der Waals surface area contributed by atoms with E-state index in [9.17, 15) is 4.79 Å². The second-order valence-electron chi connectivity index (χ2n) is 5.79. The first-order chi connectivity index (χ1) is 12.6. The van der Waals surface area contributed by atoms with Crippen LogP contribution in [0.4, 0.5) is 5.69 Å². The molecule has 2 aromatic heterocycles. The number of rotatable bonds is 4. The third-order valence-corrected chi connectivity index (χ3v) is 5.85. The van der Waals surface area contributed by atoms with Crippen LogP contribution in [0.1, 0.15) is 10.7 Å². The lowest BCUT2D eigenvalue weighted by Gasteiger charge is -2.03. The summed E-state index contributed by atoms with van der Waals surface area (Å²) in [5.74, 6) is -0.0893. The number of anilines is 1. The highest BCUT2D eigenvalue weighted by Crippen LogP contribution is 2.27. The van der Waals surface area contributed by atoms with Crippen molar-refractivity contribution in [2.24, 2.45) is 0 Å². The molecule has 4 aromatic rings.